The average molecular weight is 517 g/mol. The lowest BCUT2D eigenvalue weighted by Gasteiger charge is -2.43. The highest BCUT2D eigenvalue weighted by Gasteiger charge is 2.50. The Morgan fingerprint density at radius 2 is 1.27 bits per heavy atom. The Labute approximate surface area is 225 Å². The smallest absolute Gasteiger partial charge is 0.261 e. The van der Waals surface area contributed by atoms with Crippen LogP contribution in [-0.4, -0.2) is 27.3 Å². The lowest BCUT2D eigenvalue weighted by Crippen LogP contribution is -2.66. The molecule has 0 fully saturated rings. The SMILES string of the molecule is C[C@@H](CO[Si](c1ccccc1)(c1ccccc1)C(C)(C)C)C[C@H](C)[C@@H](OCc1ccccc1)[C@@H](C)C=O. The highest BCUT2D eigenvalue weighted by atomic mass is 28.4. The highest BCUT2D eigenvalue weighted by molar-refractivity contribution is 6.99. The number of ether oxygens (including phenoxy) is 1. The largest absolute Gasteiger partial charge is 0.407 e. The van der Waals surface area contributed by atoms with Gasteiger partial charge in [0.25, 0.3) is 8.32 Å². The minimum Gasteiger partial charge on any atom is -0.407 e. The van der Waals surface area contributed by atoms with E-state index in [1.165, 1.54) is 10.4 Å². The van der Waals surface area contributed by atoms with Gasteiger partial charge in [-0.3, -0.25) is 0 Å². The molecule has 0 amide bonds. The van der Waals surface area contributed by atoms with Crippen LogP contribution < -0.4 is 10.4 Å². The number of hydrogen-bond donors (Lipinski definition) is 0. The standard InChI is InChI=1S/C33H44O3Si/c1-26(22-27(2)32(28(3)23-34)35-25-29-16-10-7-11-17-29)24-36-37(33(4,5)6,30-18-12-8-13-19-30)31-20-14-9-15-21-31/h7-21,23,26-28,32H,22,24-25H2,1-6H3/t26-,27+,28+,32-/m1/s1. The summed E-state index contributed by atoms with van der Waals surface area (Å²) in [5.41, 5.74) is 1.13. The van der Waals surface area contributed by atoms with E-state index in [2.05, 4.69) is 107 Å². The van der Waals surface area contributed by atoms with Gasteiger partial charge in [-0.05, 0) is 39.2 Å². The summed E-state index contributed by atoms with van der Waals surface area (Å²) in [6, 6.07) is 31.7. The van der Waals surface area contributed by atoms with Gasteiger partial charge in [-0.15, -0.1) is 0 Å². The molecule has 198 valence electrons. The summed E-state index contributed by atoms with van der Waals surface area (Å²) in [4.78, 5) is 11.7. The van der Waals surface area contributed by atoms with E-state index in [9.17, 15) is 4.79 Å². The molecule has 3 rings (SSSR count). The maximum absolute atomic E-state index is 11.7. The predicted molar refractivity (Wildman–Crippen MR) is 157 cm³/mol. The van der Waals surface area contributed by atoms with E-state index in [0.29, 0.717) is 19.1 Å². The van der Waals surface area contributed by atoms with E-state index in [4.69, 9.17) is 9.16 Å². The zero-order valence-corrected chi connectivity index (χ0v) is 24.4. The molecule has 0 aliphatic rings. The van der Waals surface area contributed by atoms with Crippen LogP contribution in [-0.2, 0) is 20.6 Å². The molecule has 3 aromatic carbocycles. The van der Waals surface area contributed by atoms with Gasteiger partial charge in [0.2, 0.25) is 0 Å². The fourth-order valence-electron chi connectivity index (χ4n) is 5.54. The Morgan fingerprint density at radius 1 is 0.784 bits per heavy atom. The summed E-state index contributed by atoms with van der Waals surface area (Å²) in [7, 11) is -2.57. The monoisotopic (exact) mass is 516 g/mol. The molecule has 0 N–H and O–H groups in total. The molecule has 0 aromatic heterocycles. The lowest BCUT2D eigenvalue weighted by molar-refractivity contribution is -0.118. The minimum absolute atomic E-state index is 0.0472. The van der Waals surface area contributed by atoms with E-state index in [0.717, 1.165) is 18.3 Å². The van der Waals surface area contributed by atoms with Gasteiger partial charge in [-0.2, -0.15) is 0 Å². The fraction of sp³-hybridized carbons (Fsp3) is 0.424. The molecule has 3 aromatic rings. The van der Waals surface area contributed by atoms with E-state index < -0.39 is 8.32 Å². The van der Waals surface area contributed by atoms with Gasteiger partial charge >= 0.3 is 0 Å². The van der Waals surface area contributed by atoms with Gasteiger partial charge in [-0.25, -0.2) is 0 Å². The van der Waals surface area contributed by atoms with Gasteiger partial charge < -0.3 is 14.0 Å². The molecule has 0 heterocycles. The number of carbonyl (C=O) groups excluding carboxylic acids is 1. The number of hydrogen-bond acceptors (Lipinski definition) is 3. The molecule has 0 aliphatic carbocycles. The molecule has 4 heteroatoms. The van der Waals surface area contributed by atoms with Crippen LogP contribution in [0.4, 0.5) is 0 Å². The molecule has 0 bridgehead atoms. The van der Waals surface area contributed by atoms with E-state index >= 15 is 0 Å². The van der Waals surface area contributed by atoms with Crippen molar-refractivity contribution < 1.29 is 14.0 Å². The first-order valence-corrected chi connectivity index (χ1v) is 15.5. The third kappa shape index (κ3) is 7.28. The molecule has 3 nitrogen and oxygen atoms in total. The van der Waals surface area contributed by atoms with Crippen molar-refractivity contribution in [2.45, 2.75) is 65.7 Å². The third-order valence-corrected chi connectivity index (χ3v) is 12.4. The minimum atomic E-state index is -2.57. The van der Waals surface area contributed by atoms with Crippen molar-refractivity contribution in [2.24, 2.45) is 17.8 Å². The van der Waals surface area contributed by atoms with Crippen LogP contribution in [0.15, 0.2) is 91.0 Å². The van der Waals surface area contributed by atoms with Crippen molar-refractivity contribution in [2.75, 3.05) is 6.61 Å². The van der Waals surface area contributed by atoms with Crippen LogP contribution in [0.25, 0.3) is 0 Å². The number of rotatable bonds is 13. The zero-order valence-electron chi connectivity index (χ0n) is 23.4. The maximum Gasteiger partial charge on any atom is 0.261 e. The number of benzene rings is 3. The van der Waals surface area contributed by atoms with Crippen LogP contribution in [0.3, 0.4) is 0 Å². The molecule has 0 radical (unpaired) electrons. The van der Waals surface area contributed by atoms with Crippen molar-refractivity contribution >= 4 is 25.0 Å². The Bertz CT molecular complexity index is 1020. The Hall–Kier alpha value is -2.53. The summed E-state index contributed by atoms with van der Waals surface area (Å²) < 4.78 is 13.5. The molecule has 4 atom stereocenters. The van der Waals surface area contributed by atoms with Crippen molar-refractivity contribution in [3.63, 3.8) is 0 Å². The van der Waals surface area contributed by atoms with Crippen molar-refractivity contribution in [3.05, 3.63) is 96.6 Å². The van der Waals surface area contributed by atoms with Gasteiger partial charge in [0, 0.05) is 12.5 Å². The second-order valence-corrected chi connectivity index (χ2v) is 15.9. The summed E-state index contributed by atoms with van der Waals surface area (Å²) in [5.74, 6) is 0.378. The molecule has 0 saturated heterocycles. The van der Waals surface area contributed by atoms with E-state index in [1.54, 1.807) is 0 Å². The van der Waals surface area contributed by atoms with Crippen LogP contribution in [0.1, 0.15) is 53.5 Å². The summed E-state index contributed by atoms with van der Waals surface area (Å²) in [5, 5.41) is 2.55. The van der Waals surface area contributed by atoms with Crippen molar-refractivity contribution in [3.8, 4) is 0 Å². The van der Waals surface area contributed by atoms with Gasteiger partial charge in [0.15, 0.2) is 0 Å². The molecule has 0 saturated carbocycles. The topological polar surface area (TPSA) is 35.5 Å². The van der Waals surface area contributed by atoms with Crippen LogP contribution in [0, 0.1) is 17.8 Å². The summed E-state index contributed by atoms with van der Waals surface area (Å²) >= 11 is 0. The highest BCUT2D eigenvalue weighted by Crippen LogP contribution is 2.37. The molecule has 0 aliphatic heterocycles. The second kappa shape index (κ2) is 13.3. The van der Waals surface area contributed by atoms with Crippen LogP contribution in [0.2, 0.25) is 5.04 Å². The lowest BCUT2D eigenvalue weighted by atomic mass is 9.87. The molecule has 37 heavy (non-hydrogen) atoms. The fourth-order valence-corrected chi connectivity index (χ4v) is 10.2. The predicted octanol–water partition coefficient (Wildman–Crippen LogP) is 6.65. The Kier molecular flexibility index (Phi) is 10.4. The first-order valence-electron chi connectivity index (χ1n) is 13.5. The summed E-state index contributed by atoms with van der Waals surface area (Å²) in [6.07, 6.45) is 1.82. The van der Waals surface area contributed by atoms with Gasteiger partial charge in [-0.1, -0.05) is 133 Å². The number of carbonyl (C=O) groups is 1. The summed E-state index contributed by atoms with van der Waals surface area (Å²) in [6.45, 7) is 14.5. The average Bonchev–Trinajstić information content (AvgIpc) is 2.90. The van der Waals surface area contributed by atoms with Crippen molar-refractivity contribution in [1.82, 2.24) is 0 Å². The second-order valence-electron chi connectivity index (χ2n) is 11.5. The van der Waals surface area contributed by atoms with E-state index in [1.807, 2.05) is 25.1 Å². The first-order chi connectivity index (χ1) is 17.7. The quantitative estimate of drug-likeness (QED) is 0.189. The van der Waals surface area contributed by atoms with Crippen LogP contribution >= 0.6 is 0 Å². The Morgan fingerprint density at radius 3 is 1.73 bits per heavy atom. The molecule has 0 unspecified atom stereocenters. The molecule has 0 spiro atoms. The molecular weight excluding hydrogens is 472 g/mol. The van der Waals surface area contributed by atoms with Gasteiger partial charge in [0.1, 0.15) is 6.29 Å². The van der Waals surface area contributed by atoms with Gasteiger partial charge in [0.05, 0.1) is 12.7 Å². The number of aldehydes is 1. The maximum atomic E-state index is 11.7. The first kappa shape index (κ1) is 29.0. The third-order valence-electron chi connectivity index (χ3n) is 7.35. The Balaban J connectivity index is 1.78. The van der Waals surface area contributed by atoms with Crippen LogP contribution in [0.5, 0.6) is 0 Å². The zero-order chi connectivity index (χ0) is 26.9. The molecular formula is C33H44O3Si. The van der Waals surface area contributed by atoms with E-state index in [-0.39, 0.29) is 23.0 Å². The normalized spacial score (nSPS) is 15.5. The van der Waals surface area contributed by atoms with Crippen molar-refractivity contribution in [1.29, 1.82) is 0 Å².